The fraction of sp³-hybridized carbons (Fsp3) is 0.462. The fourth-order valence-electron chi connectivity index (χ4n) is 2.10. The molecule has 2 N–H and O–H groups in total. The second-order valence-corrected chi connectivity index (χ2v) is 4.15. The zero-order valence-corrected chi connectivity index (χ0v) is 10.4. The van der Waals surface area contributed by atoms with E-state index in [1.807, 2.05) is 12.1 Å². The van der Waals surface area contributed by atoms with Crippen LogP contribution in [0.15, 0.2) is 18.2 Å². The first kappa shape index (κ1) is 11.9. The lowest BCUT2D eigenvalue weighted by atomic mass is 10.1. The SMILES string of the molecule is CCN(CC)CCc1n[nH]c2cccc(O)c12. The number of nitrogens with one attached hydrogen (secondary N) is 1. The standard InChI is InChI=1S/C13H19N3O/c1-3-16(4-2)9-8-11-13-10(14-15-11)6-5-7-12(13)17/h5-7,17H,3-4,8-9H2,1-2H3,(H,14,15). The van der Waals surface area contributed by atoms with Gasteiger partial charge in [0.1, 0.15) is 5.75 Å². The number of hydrogen-bond donors (Lipinski definition) is 2. The van der Waals surface area contributed by atoms with E-state index in [2.05, 4.69) is 28.9 Å². The molecule has 17 heavy (non-hydrogen) atoms. The van der Waals surface area contributed by atoms with Crippen molar-refractivity contribution in [3.8, 4) is 5.75 Å². The number of H-pyrrole nitrogens is 1. The third-order valence-corrected chi connectivity index (χ3v) is 3.20. The maximum Gasteiger partial charge on any atom is 0.126 e. The van der Waals surface area contributed by atoms with Gasteiger partial charge in [-0.3, -0.25) is 5.10 Å². The van der Waals surface area contributed by atoms with E-state index in [4.69, 9.17) is 0 Å². The summed E-state index contributed by atoms with van der Waals surface area (Å²) in [6.07, 6.45) is 0.860. The Kier molecular flexibility index (Phi) is 3.64. The summed E-state index contributed by atoms with van der Waals surface area (Å²) in [5.41, 5.74) is 1.85. The number of likely N-dealkylation sites (N-methyl/N-ethyl adjacent to an activating group) is 1. The van der Waals surface area contributed by atoms with Gasteiger partial charge in [0.2, 0.25) is 0 Å². The molecule has 2 aromatic rings. The minimum atomic E-state index is 0.311. The average molecular weight is 233 g/mol. The molecule has 4 nitrogen and oxygen atoms in total. The molecule has 0 bridgehead atoms. The molecule has 92 valence electrons. The van der Waals surface area contributed by atoms with E-state index in [9.17, 15) is 5.11 Å². The molecule has 0 amide bonds. The molecule has 0 aliphatic rings. The molecule has 0 aliphatic carbocycles. The van der Waals surface area contributed by atoms with E-state index in [0.717, 1.165) is 42.7 Å². The molecule has 2 rings (SSSR count). The number of rotatable bonds is 5. The van der Waals surface area contributed by atoms with Gasteiger partial charge in [0.15, 0.2) is 0 Å². The number of aromatic amines is 1. The number of benzene rings is 1. The van der Waals surface area contributed by atoms with Crippen LogP contribution >= 0.6 is 0 Å². The third kappa shape index (κ3) is 2.42. The summed E-state index contributed by atoms with van der Waals surface area (Å²) in [7, 11) is 0. The second-order valence-electron chi connectivity index (χ2n) is 4.15. The monoisotopic (exact) mass is 233 g/mol. The van der Waals surface area contributed by atoms with Crippen LogP contribution in [0.25, 0.3) is 10.9 Å². The predicted molar refractivity (Wildman–Crippen MR) is 69.3 cm³/mol. The highest BCUT2D eigenvalue weighted by atomic mass is 16.3. The Morgan fingerprint density at radius 2 is 2.06 bits per heavy atom. The summed E-state index contributed by atoms with van der Waals surface area (Å²) in [6, 6.07) is 5.46. The average Bonchev–Trinajstić information content (AvgIpc) is 2.75. The van der Waals surface area contributed by atoms with Gasteiger partial charge < -0.3 is 10.0 Å². The van der Waals surface area contributed by atoms with Crippen LogP contribution in [0, 0.1) is 0 Å². The van der Waals surface area contributed by atoms with Crippen LogP contribution in [0.5, 0.6) is 5.75 Å². The number of aromatic nitrogens is 2. The molecular weight excluding hydrogens is 214 g/mol. The first-order chi connectivity index (χ1) is 8.26. The van der Waals surface area contributed by atoms with E-state index in [0.29, 0.717) is 5.75 Å². The summed E-state index contributed by atoms with van der Waals surface area (Å²) >= 11 is 0. The van der Waals surface area contributed by atoms with E-state index in [1.165, 1.54) is 0 Å². The van der Waals surface area contributed by atoms with E-state index >= 15 is 0 Å². The molecule has 0 saturated carbocycles. The van der Waals surface area contributed by atoms with Gasteiger partial charge in [-0.25, -0.2) is 0 Å². The van der Waals surface area contributed by atoms with Gasteiger partial charge >= 0.3 is 0 Å². The smallest absolute Gasteiger partial charge is 0.126 e. The van der Waals surface area contributed by atoms with Crippen LogP contribution in [0.3, 0.4) is 0 Å². The fourth-order valence-corrected chi connectivity index (χ4v) is 2.10. The Morgan fingerprint density at radius 3 is 2.76 bits per heavy atom. The van der Waals surface area contributed by atoms with E-state index < -0.39 is 0 Å². The molecule has 0 atom stereocenters. The van der Waals surface area contributed by atoms with Gasteiger partial charge in [-0.1, -0.05) is 19.9 Å². The molecule has 0 fully saturated rings. The third-order valence-electron chi connectivity index (χ3n) is 3.20. The number of fused-ring (bicyclic) bond motifs is 1. The minimum absolute atomic E-state index is 0.311. The van der Waals surface area contributed by atoms with Crippen molar-refractivity contribution in [2.24, 2.45) is 0 Å². The zero-order chi connectivity index (χ0) is 12.3. The lowest BCUT2D eigenvalue weighted by molar-refractivity contribution is 0.307. The van der Waals surface area contributed by atoms with Gasteiger partial charge in [-0.05, 0) is 25.2 Å². The van der Waals surface area contributed by atoms with Gasteiger partial charge in [-0.2, -0.15) is 5.10 Å². The van der Waals surface area contributed by atoms with Gasteiger partial charge in [-0.15, -0.1) is 0 Å². The lowest BCUT2D eigenvalue weighted by Crippen LogP contribution is -2.25. The van der Waals surface area contributed by atoms with Crippen LogP contribution in [-0.4, -0.2) is 39.8 Å². The van der Waals surface area contributed by atoms with Crippen LogP contribution in [0.1, 0.15) is 19.5 Å². The molecule has 1 heterocycles. The Labute approximate surface area is 101 Å². The molecule has 0 radical (unpaired) electrons. The summed E-state index contributed by atoms with van der Waals surface area (Å²) in [6.45, 7) is 7.38. The van der Waals surface area contributed by atoms with Crippen molar-refractivity contribution in [3.05, 3.63) is 23.9 Å². The van der Waals surface area contributed by atoms with E-state index in [-0.39, 0.29) is 0 Å². The summed E-state index contributed by atoms with van der Waals surface area (Å²) in [5, 5.41) is 18.0. The Hall–Kier alpha value is -1.55. The zero-order valence-electron chi connectivity index (χ0n) is 10.4. The quantitative estimate of drug-likeness (QED) is 0.832. The Balaban J connectivity index is 2.19. The first-order valence-electron chi connectivity index (χ1n) is 6.13. The first-order valence-corrected chi connectivity index (χ1v) is 6.13. The molecular formula is C13H19N3O. The molecule has 0 unspecified atom stereocenters. The topological polar surface area (TPSA) is 52.2 Å². The Morgan fingerprint density at radius 1 is 1.29 bits per heavy atom. The second kappa shape index (κ2) is 5.19. The molecule has 0 spiro atoms. The van der Waals surface area contributed by atoms with Gasteiger partial charge in [0.25, 0.3) is 0 Å². The largest absolute Gasteiger partial charge is 0.507 e. The lowest BCUT2D eigenvalue weighted by Gasteiger charge is -2.16. The summed E-state index contributed by atoms with van der Waals surface area (Å²) < 4.78 is 0. The van der Waals surface area contributed by atoms with Crippen LogP contribution in [0.4, 0.5) is 0 Å². The summed E-state index contributed by atoms with van der Waals surface area (Å²) in [5.74, 6) is 0.311. The maximum absolute atomic E-state index is 9.85. The van der Waals surface area contributed by atoms with E-state index in [1.54, 1.807) is 6.07 Å². The normalized spacial score (nSPS) is 11.5. The highest BCUT2D eigenvalue weighted by molar-refractivity contribution is 5.87. The van der Waals surface area contributed by atoms with Crippen molar-refractivity contribution in [2.75, 3.05) is 19.6 Å². The highest BCUT2D eigenvalue weighted by Crippen LogP contribution is 2.26. The van der Waals surface area contributed by atoms with Gasteiger partial charge in [0.05, 0.1) is 16.6 Å². The number of aromatic hydroxyl groups is 1. The van der Waals surface area contributed by atoms with Crippen molar-refractivity contribution in [1.29, 1.82) is 0 Å². The van der Waals surface area contributed by atoms with Crippen molar-refractivity contribution in [3.63, 3.8) is 0 Å². The number of phenolic OH excluding ortho intramolecular Hbond substituents is 1. The van der Waals surface area contributed by atoms with Crippen molar-refractivity contribution in [2.45, 2.75) is 20.3 Å². The number of nitrogens with zero attached hydrogens (tertiary/aromatic N) is 2. The Bertz CT molecular complexity index is 488. The number of hydrogen-bond acceptors (Lipinski definition) is 3. The molecule has 1 aromatic heterocycles. The molecule has 0 saturated heterocycles. The minimum Gasteiger partial charge on any atom is -0.507 e. The van der Waals surface area contributed by atoms with Crippen molar-refractivity contribution >= 4 is 10.9 Å². The number of phenols is 1. The van der Waals surface area contributed by atoms with Crippen LogP contribution in [-0.2, 0) is 6.42 Å². The predicted octanol–water partition coefficient (Wildman–Crippen LogP) is 2.15. The maximum atomic E-state index is 9.85. The molecule has 4 heteroatoms. The van der Waals surface area contributed by atoms with Gasteiger partial charge in [0, 0.05) is 13.0 Å². The van der Waals surface area contributed by atoms with Crippen LogP contribution in [0.2, 0.25) is 0 Å². The van der Waals surface area contributed by atoms with Crippen LogP contribution < -0.4 is 0 Å². The highest BCUT2D eigenvalue weighted by Gasteiger charge is 2.10. The molecule has 0 aliphatic heterocycles. The summed E-state index contributed by atoms with van der Waals surface area (Å²) in [4.78, 5) is 2.35. The molecule has 1 aromatic carbocycles. The van der Waals surface area contributed by atoms with Crippen molar-refractivity contribution in [1.82, 2.24) is 15.1 Å². The van der Waals surface area contributed by atoms with Crippen molar-refractivity contribution < 1.29 is 5.11 Å².